The number of thioether (sulfide) groups is 2. The van der Waals surface area contributed by atoms with Gasteiger partial charge in [-0.3, -0.25) is 4.72 Å². The van der Waals surface area contributed by atoms with Crippen molar-refractivity contribution in [2.24, 2.45) is 0 Å². The molecular formula is C9H13NO2S3. The van der Waals surface area contributed by atoms with Crippen molar-refractivity contribution in [3.63, 3.8) is 0 Å². The lowest BCUT2D eigenvalue weighted by molar-refractivity contribution is 0.606. The van der Waals surface area contributed by atoms with Gasteiger partial charge in [0.15, 0.2) is 0 Å². The van der Waals surface area contributed by atoms with Crippen LogP contribution >= 0.6 is 23.5 Å². The van der Waals surface area contributed by atoms with Crippen molar-refractivity contribution >= 4 is 39.2 Å². The van der Waals surface area contributed by atoms with Gasteiger partial charge in [0.05, 0.1) is 11.9 Å². The Kier molecular flexibility index (Phi) is 4.82. The van der Waals surface area contributed by atoms with Crippen molar-refractivity contribution in [3.8, 4) is 0 Å². The molecule has 0 aliphatic rings. The molecule has 0 spiro atoms. The first-order chi connectivity index (χ1) is 7.03. The quantitative estimate of drug-likeness (QED) is 0.655. The minimum atomic E-state index is -3.19. The summed E-state index contributed by atoms with van der Waals surface area (Å²) in [6, 6.07) is 7.39. The summed E-state index contributed by atoms with van der Waals surface area (Å²) in [6.07, 6.45) is 3.17. The molecule has 0 heterocycles. The first-order valence-electron chi connectivity index (χ1n) is 4.21. The zero-order valence-corrected chi connectivity index (χ0v) is 11.0. The highest BCUT2D eigenvalue weighted by Gasteiger charge is 2.06. The summed E-state index contributed by atoms with van der Waals surface area (Å²) in [5.74, 6) is 0. The monoisotopic (exact) mass is 263 g/mol. The Labute approximate surface area is 99.1 Å². The Morgan fingerprint density at radius 2 is 2.00 bits per heavy atom. The highest BCUT2D eigenvalue weighted by atomic mass is 32.2. The van der Waals surface area contributed by atoms with Gasteiger partial charge in [-0.15, -0.1) is 11.8 Å². The molecule has 0 atom stereocenters. The smallest absolute Gasteiger partial charge is 0.229 e. The Morgan fingerprint density at radius 3 is 2.60 bits per heavy atom. The Balaban J connectivity index is 2.86. The second kappa shape index (κ2) is 5.67. The Hall–Kier alpha value is -0.330. The van der Waals surface area contributed by atoms with E-state index in [0.29, 0.717) is 5.69 Å². The van der Waals surface area contributed by atoms with Gasteiger partial charge in [-0.2, -0.15) is 11.8 Å². The molecule has 15 heavy (non-hydrogen) atoms. The van der Waals surface area contributed by atoms with E-state index in [2.05, 4.69) is 4.72 Å². The number of anilines is 1. The van der Waals surface area contributed by atoms with E-state index in [0.717, 1.165) is 16.2 Å². The lowest BCUT2D eigenvalue weighted by Crippen LogP contribution is -2.10. The molecule has 0 unspecified atom stereocenters. The first-order valence-corrected chi connectivity index (χ1v) is 8.48. The Morgan fingerprint density at radius 1 is 1.33 bits per heavy atom. The lowest BCUT2D eigenvalue weighted by Gasteiger charge is -2.09. The van der Waals surface area contributed by atoms with E-state index in [1.165, 1.54) is 0 Å². The van der Waals surface area contributed by atoms with Crippen LogP contribution in [-0.4, -0.2) is 26.0 Å². The number of hydrogen-bond acceptors (Lipinski definition) is 4. The molecule has 0 aliphatic carbocycles. The van der Waals surface area contributed by atoms with Gasteiger partial charge in [-0.05, 0) is 18.4 Å². The molecule has 1 rings (SSSR count). The van der Waals surface area contributed by atoms with E-state index in [4.69, 9.17) is 0 Å². The molecule has 3 nitrogen and oxygen atoms in total. The van der Waals surface area contributed by atoms with Crippen LogP contribution in [-0.2, 0) is 10.0 Å². The van der Waals surface area contributed by atoms with Gasteiger partial charge in [-0.1, -0.05) is 12.1 Å². The van der Waals surface area contributed by atoms with Crippen molar-refractivity contribution in [1.29, 1.82) is 0 Å². The largest absolute Gasteiger partial charge is 0.283 e. The molecule has 0 saturated heterocycles. The average Bonchev–Trinajstić information content (AvgIpc) is 2.14. The molecule has 1 aromatic carbocycles. The van der Waals surface area contributed by atoms with E-state index in [-0.39, 0.29) is 0 Å². The van der Waals surface area contributed by atoms with Crippen LogP contribution in [0.2, 0.25) is 0 Å². The van der Waals surface area contributed by atoms with Crippen LogP contribution in [0, 0.1) is 0 Å². The molecular weight excluding hydrogens is 250 g/mol. The predicted molar refractivity (Wildman–Crippen MR) is 69.1 cm³/mol. The van der Waals surface area contributed by atoms with Gasteiger partial charge in [-0.25, -0.2) is 8.42 Å². The highest BCUT2D eigenvalue weighted by Crippen LogP contribution is 2.29. The third kappa shape index (κ3) is 4.81. The maximum atomic E-state index is 11.1. The summed E-state index contributed by atoms with van der Waals surface area (Å²) in [6.45, 7) is 0. The summed E-state index contributed by atoms with van der Waals surface area (Å²) >= 11 is 3.33. The van der Waals surface area contributed by atoms with E-state index in [1.54, 1.807) is 29.6 Å². The predicted octanol–water partition coefficient (Wildman–Crippen LogP) is 2.47. The van der Waals surface area contributed by atoms with Crippen LogP contribution in [0.15, 0.2) is 29.2 Å². The molecule has 0 fully saturated rings. The van der Waals surface area contributed by atoms with Crippen molar-refractivity contribution in [3.05, 3.63) is 24.3 Å². The summed E-state index contributed by atoms with van der Waals surface area (Å²) < 4.78 is 24.7. The van der Waals surface area contributed by atoms with E-state index in [1.807, 2.05) is 24.5 Å². The van der Waals surface area contributed by atoms with Gasteiger partial charge >= 0.3 is 0 Å². The highest BCUT2D eigenvalue weighted by molar-refractivity contribution is 8.15. The minimum absolute atomic E-state index is 0.652. The summed E-state index contributed by atoms with van der Waals surface area (Å²) in [5.41, 5.74) is 0.652. The maximum absolute atomic E-state index is 11.1. The fraction of sp³-hybridized carbons (Fsp3) is 0.333. The van der Waals surface area contributed by atoms with Crippen LogP contribution in [0.3, 0.4) is 0 Å². The van der Waals surface area contributed by atoms with Crippen LogP contribution in [0.1, 0.15) is 0 Å². The second-order valence-electron chi connectivity index (χ2n) is 2.92. The number of nitrogens with one attached hydrogen (secondary N) is 1. The number of para-hydroxylation sites is 1. The molecule has 1 N–H and O–H groups in total. The molecule has 0 bridgehead atoms. The Bertz CT molecular complexity index is 417. The maximum Gasteiger partial charge on any atom is 0.229 e. The molecule has 1 aromatic rings. The fourth-order valence-corrected chi connectivity index (χ4v) is 3.07. The third-order valence-electron chi connectivity index (χ3n) is 1.51. The molecule has 0 saturated carbocycles. The van der Waals surface area contributed by atoms with Gasteiger partial charge in [0.2, 0.25) is 10.0 Å². The van der Waals surface area contributed by atoms with Crippen molar-refractivity contribution in [1.82, 2.24) is 0 Å². The lowest BCUT2D eigenvalue weighted by atomic mass is 10.3. The standard InChI is InChI=1S/C9H13NO2S3/c1-13-7-14-9-6-4-3-5-8(9)10-15(2,11)12/h3-6,10H,7H2,1-2H3. The number of sulfonamides is 1. The molecule has 0 aliphatic heterocycles. The van der Waals surface area contributed by atoms with Crippen molar-refractivity contribution in [2.45, 2.75) is 4.90 Å². The number of rotatable bonds is 5. The first kappa shape index (κ1) is 12.7. The van der Waals surface area contributed by atoms with Crippen molar-refractivity contribution < 1.29 is 8.42 Å². The summed E-state index contributed by atoms with van der Waals surface area (Å²) in [5, 5.41) is 0.905. The summed E-state index contributed by atoms with van der Waals surface area (Å²) in [4.78, 5) is 0.956. The van der Waals surface area contributed by atoms with Crippen molar-refractivity contribution in [2.75, 3.05) is 22.3 Å². The molecule has 84 valence electrons. The SMILES string of the molecule is CSCSc1ccccc1NS(C)(=O)=O. The topological polar surface area (TPSA) is 46.2 Å². The number of benzene rings is 1. The zero-order chi connectivity index (χ0) is 11.3. The van der Waals surface area contributed by atoms with E-state index >= 15 is 0 Å². The molecule has 0 aromatic heterocycles. The van der Waals surface area contributed by atoms with Gasteiger partial charge < -0.3 is 0 Å². The molecule has 0 radical (unpaired) electrons. The van der Waals surface area contributed by atoms with E-state index in [9.17, 15) is 8.42 Å². The number of hydrogen-bond donors (Lipinski definition) is 1. The minimum Gasteiger partial charge on any atom is -0.283 e. The van der Waals surface area contributed by atoms with Crippen LogP contribution < -0.4 is 4.72 Å². The van der Waals surface area contributed by atoms with Crippen LogP contribution in [0.5, 0.6) is 0 Å². The van der Waals surface area contributed by atoms with E-state index < -0.39 is 10.0 Å². The van der Waals surface area contributed by atoms with Gasteiger partial charge in [0.1, 0.15) is 0 Å². The van der Waals surface area contributed by atoms with Crippen LogP contribution in [0.4, 0.5) is 5.69 Å². The van der Waals surface area contributed by atoms with Crippen LogP contribution in [0.25, 0.3) is 0 Å². The van der Waals surface area contributed by atoms with Gasteiger partial charge in [0.25, 0.3) is 0 Å². The third-order valence-corrected chi connectivity index (χ3v) is 4.19. The zero-order valence-electron chi connectivity index (χ0n) is 8.56. The van der Waals surface area contributed by atoms with Gasteiger partial charge in [0, 0.05) is 9.98 Å². The fourth-order valence-electron chi connectivity index (χ4n) is 0.999. The average molecular weight is 263 g/mol. The molecule has 0 amide bonds. The second-order valence-corrected chi connectivity index (χ2v) is 6.92. The summed E-state index contributed by atoms with van der Waals surface area (Å²) in [7, 11) is -3.19. The molecule has 6 heteroatoms. The normalized spacial score (nSPS) is 11.3.